The van der Waals surface area contributed by atoms with Crippen molar-refractivity contribution in [3.05, 3.63) is 49.7 Å². The Labute approximate surface area is 121 Å². The van der Waals surface area contributed by atoms with Crippen molar-refractivity contribution in [1.29, 1.82) is 0 Å². The first-order chi connectivity index (χ1) is 9.32. The average Bonchev–Trinajstić information content (AvgIpc) is 2.65. The summed E-state index contributed by atoms with van der Waals surface area (Å²) in [4.78, 5) is 9.98. The monoisotopic (exact) mass is 345 g/mol. The van der Waals surface area contributed by atoms with Crippen LogP contribution in [-0.2, 0) is 0 Å². The summed E-state index contributed by atoms with van der Waals surface area (Å²) in [6.45, 7) is 3.46. The lowest BCUT2D eigenvalue weighted by molar-refractivity contribution is -0.385. The van der Waals surface area contributed by atoms with Gasteiger partial charge in [0.1, 0.15) is 0 Å². The molecule has 0 atom stereocenters. The molecule has 0 aliphatic rings. The molecule has 1 heterocycles. The summed E-state index contributed by atoms with van der Waals surface area (Å²) in [5, 5.41) is 14.8. The van der Waals surface area contributed by atoms with Crippen molar-refractivity contribution in [2.75, 3.05) is 0 Å². The molecule has 0 aliphatic heterocycles. The van der Waals surface area contributed by atoms with E-state index < -0.39 is 16.9 Å². The Morgan fingerprint density at radius 3 is 2.50 bits per heavy atom. The number of aromatic nitrogens is 2. The largest absolute Gasteiger partial charge is 0.270 e. The second-order valence-electron chi connectivity index (χ2n) is 4.20. The fourth-order valence-electron chi connectivity index (χ4n) is 1.88. The molecule has 5 nitrogen and oxygen atoms in total. The van der Waals surface area contributed by atoms with E-state index in [-0.39, 0.29) is 11.4 Å². The lowest BCUT2D eigenvalue weighted by Crippen LogP contribution is -2.05. The molecule has 0 radical (unpaired) electrons. The Kier molecular flexibility index (Phi) is 3.85. The lowest BCUT2D eigenvalue weighted by Gasteiger charge is -2.10. The van der Waals surface area contributed by atoms with Crippen molar-refractivity contribution >= 4 is 21.6 Å². The normalized spacial score (nSPS) is 11.1. The molecule has 0 spiro atoms. The van der Waals surface area contributed by atoms with Crippen molar-refractivity contribution in [3.63, 3.8) is 0 Å². The van der Waals surface area contributed by atoms with E-state index in [1.54, 1.807) is 13.8 Å². The average molecular weight is 346 g/mol. The quantitative estimate of drug-likeness (QED) is 0.621. The second-order valence-corrected chi connectivity index (χ2v) is 4.99. The van der Waals surface area contributed by atoms with Crippen molar-refractivity contribution in [2.24, 2.45) is 0 Å². The van der Waals surface area contributed by atoms with Crippen molar-refractivity contribution in [2.45, 2.75) is 20.3 Å². The summed E-state index contributed by atoms with van der Waals surface area (Å²) in [5.41, 5.74) is 0.651. The van der Waals surface area contributed by atoms with E-state index in [4.69, 9.17) is 0 Å². The van der Waals surface area contributed by atoms with E-state index >= 15 is 0 Å². The van der Waals surface area contributed by atoms with Gasteiger partial charge in [-0.15, -0.1) is 0 Å². The van der Waals surface area contributed by atoms with Gasteiger partial charge in [0.05, 0.1) is 32.0 Å². The molecular formula is C12H10BrF2N3O2. The van der Waals surface area contributed by atoms with E-state index in [2.05, 4.69) is 21.0 Å². The van der Waals surface area contributed by atoms with Gasteiger partial charge >= 0.3 is 0 Å². The maximum absolute atomic E-state index is 13.1. The predicted molar refractivity (Wildman–Crippen MR) is 72.3 cm³/mol. The van der Waals surface area contributed by atoms with E-state index in [0.29, 0.717) is 11.4 Å². The molecule has 0 bridgehead atoms. The van der Waals surface area contributed by atoms with Crippen LogP contribution in [0.3, 0.4) is 0 Å². The van der Waals surface area contributed by atoms with Crippen LogP contribution in [-0.4, -0.2) is 14.7 Å². The first kappa shape index (κ1) is 14.6. The predicted octanol–water partition coefficient (Wildman–Crippen LogP) is 4.10. The molecule has 0 fully saturated rings. The van der Waals surface area contributed by atoms with Gasteiger partial charge in [0.15, 0.2) is 0 Å². The molecule has 106 valence electrons. The first-order valence-corrected chi connectivity index (χ1v) is 6.40. The van der Waals surface area contributed by atoms with Gasteiger partial charge in [-0.25, -0.2) is 13.5 Å². The number of aryl methyl sites for hydroxylation is 1. The van der Waals surface area contributed by atoms with Crippen molar-refractivity contribution < 1.29 is 13.7 Å². The SMILES string of the molecule is Cc1nn(-c2ccc([N+](=O)[O-])cc2C(F)F)c(C)c1Br. The summed E-state index contributed by atoms with van der Waals surface area (Å²) < 4.78 is 28.3. The van der Waals surface area contributed by atoms with Crippen LogP contribution in [0.4, 0.5) is 14.5 Å². The second kappa shape index (κ2) is 5.28. The molecule has 0 N–H and O–H groups in total. The van der Waals surface area contributed by atoms with Gasteiger partial charge < -0.3 is 0 Å². The van der Waals surface area contributed by atoms with E-state index in [0.717, 1.165) is 10.5 Å². The number of rotatable bonds is 3. The van der Waals surface area contributed by atoms with Crippen LogP contribution in [0.2, 0.25) is 0 Å². The highest BCUT2D eigenvalue weighted by Gasteiger charge is 2.21. The third-order valence-corrected chi connectivity index (χ3v) is 4.04. The topological polar surface area (TPSA) is 61.0 Å². The Balaban J connectivity index is 2.67. The van der Waals surface area contributed by atoms with Gasteiger partial charge in [0.2, 0.25) is 0 Å². The summed E-state index contributed by atoms with van der Waals surface area (Å²) in [5.74, 6) is 0. The Hall–Kier alpha value is -1.83. The molecule has 0 aliphatic carbocycles. The summed E-state index contributed by atoms with van der Waals surface area (Å²) in [7, 11) is 0. The number of halogens is 3. The van der Waals surface area contributed by atoms with Crippen LogP contribution >= 0.6 is 15.9 Å². The van der Waals surface area contributed by atoms with E-state index in [1.165, 1.54) is 16.8 Å². The van der Waals surface area contributed by atoms with Gasteiger partial charge in [-0.1, -0.05) is 0 Å². The van der Waals surface area contributed by atoms with Gasteiger partial charge in [0.25, 0.3) is 12.1 Å². The summed E-state index contributed by atoms with van der Waals surface area (Å²) >= 11 is 3.32. The van der Waals surface area contributed by atoms with Crippen LogP contribution in [0.1, 0.15) is 23.4 Å². The third-order valence-electron chi connectivity index (χ3n) is 2.89. The molecule has 0 amide bonds. The molecule has 0 saturated carbocycles. The summed E-state index contributed by atoms with van der Waals surface area (Å²) in [6, 6.07) is 3.35. The van der Waals surface area contributed by atoms with E-state index in [1.807, 2.05) is 0 Å². The minimum Gasteiger partial charge on any atom is -0.258 e. The number of nitro groups is 1. The Bertz CT molecular complexity index is 686. The van der Waals surface area contributed by atoms with Crippen molar-refractivity contribution in [1.82, 2.24) is 9.78 Å². The molecule has 20 heavy (non-hydrogen) atoms. The zero-order chi connectivity index (χ0) is 15.0. The van der Waals surface area contributed by atoms with Gasteiger partial charge in [0, 0.05) is 12.1 Å². The third kappa shape index (κ3) is 2.43. The first-order valence-electron chi connectivity index (χ1n) is 5.61. The van der Waals surface area contributed by atoms with Crippen molar-refractivity contribution in [3.8, 4) is 5.69 Å². The minimum atomic E-state index is -2.83. The fourth-order valence-corrected chi connectivity index (χ4v) is 2.13. The minimum absolute atomic E-state index is 0.136. The van der Waals surface area contributed by atoms with Crippen LogP contribution < -0.4 is 0 Å². The van der Waals surface area contributed by atoms with Gasteiger partial charge in [-0.3, -0.25) is 10.1 Å². The molecule has 1 aromatic heterocycles. The fraction of sp³-hybridized carbons (Fsp3) is 0.250. The Morgan fingerprint density at radius 2 is 2.05 bits per heavy atom. The van der Waals surface area contributed by atoms with E-state index in [9.17, 15) is 18.9 Å². The standard InChI is InChI=1S/C12H10BrF2N3O2/c1-6-11(13)7(2)17(16-6)10-4-3-8(18(19)20)5-9(10)12(14)15/h3-5,12H,1-2H3. The molecule has 1 aromatic carbocycles. The number of hydrogen-bond donors (Lipinski definition) is 0. The molecule has 2 aromatic rings. The zero-order valence-electron chi connectivity index (χ0n) is 10.6. The van der Waals surface area contributed by atoms with Gasteiger partial charge in [-0.05, 0) is 35.8 Å². The molecule has 0 saturated heterocycles. The number of hydrogen-bond acceptors (Lipinski definition) is 3. The highest BCUT2D eigenvalue weighted by atomic mass is 79.9. The maximum Gasteiger partial charge on any atom is 0.270 e. The zero-order valence-corrected chi connectivity index (χ0v) is 12.2. The van der Waals surface area contributed by atoms with Crippen LogP contribution in [0.15, 0.2) is 22.7 Å². The number of non-ortho nitro benzene ring substituents is 1. The number of benzene rings is 1. The smallest absolute Gasteiger partial charge is 0.258 e. The molecular weight excluding hydrogens is 336 g/mol. The lowest BCUT2D eigenvalue weighted by atomic mass is 10.1. The Morgan fingerprint density at radius 1 is 1.40 bits per heavy atom. The maximum atomic E-state index is 13.1. The number of nitro benzene ring substituents is 1. The molecule has 0 unspecified atom stereocenters. The van der Waals surface area contributed by atoms with Gasteiger partial charge in [-0.2, -0.15) is 5.10 Å². The summed E-state index contributed by atoms with van der Waals surface area (Å²) in [6.07, 6.45) is -2.83. The van der Waals surface area contributed by atoms with Crippen LogP contribution in [0.25, 0.3) is 5.69 Å². The molecule has 8 heteroatoms. The number of nitrogens with zero attached hydrogens (tertiary/aromatic N) is 3. The molecule has 2 rings (SSSR count). The van der Waals surface area contributed by atoms with Crippen LogP contribution in [0.5, 0.6) is 0 Å². The number of alkyl halides is 2. The van der Waals surface area contributed by atoms with Crippen LogP contribution in [0, 0.1) is 24.0 Å². The highest BCUT2D eigenvalue weighted by Crippen LogP contribution is 2.32. The highest BCUT2D eigenvalue weighted by molar-refractivity contribution is 9.10.